The number of nitrogens with one attached hydrogen (secondary N) is 2. The zero-order valence-electron chi connectivity index (χ0n) is 15.5. The Kier molecular flexibility index (Phi) is 5.69. The molecule has 1 aromatic carbocycles. The molecule has 0 fully saturated rings. The smallest absolute Gasteiger partial charge is 0.359 e. The molecule has 144 valence electrons. The molecule has 2 N–H and O–H groups in total. The molecule has 1 unspecified atom stereocenters. The number of imide groups is 1. The number of carbonyl (C=O) groups is 3. The number of fused-ring (bicyclic) bond motifs is 1. The van der Waals surface area contributed by atoms with Gasteiger partial charge in [0, 0.05) is 24.5 Å². The quantitative estimate of drug-likeness (QED) is 0.662. The van der Waals surface area contributed by atoms with Gasteiger partial charge in [-0.05, 0) is 31.5 Å². The van der Waals surface area contributed by atoms with E-state index in [9.17, 15) is 14.4 Å². The van der Waals surface area contributed by atoms with Crippen molar-refractivity contribution in [2.24, 2.45) is 0 Å². The molecular weight excluding hydrogens is 360 g/mol. The maximum Gasteiger partial charge on any atom is 0.359 e. The average molecular weight is 380 g/mol. The van der Waals surface area contributed by atoms with Gasteiger partial charge in [0.25, 0.3) is 5.91 Å². The number of hydrogen-bond acceptors (Lipinski definition) is 5. The maximum atomic E-state index is 12.6. The van der Waals surface area contributed by atoms with E-state index in [1.165, 1.54) is 6.20 Å². The van der Waals surface area contributed by atoms with Crippen LogP contribution in [0.15, 0.2) is 54.9 Å². The van der Waals surface area contributed by atoms with E-state index in [0.29, 0.717) is 17.8 Å². The summed E-state index contributed by atoms with van der Waals surface area (Å²) in [4.78, 5) is 41.1. The molecule has 3 aromatic rings. The highest BCUT2D eigenvalue weighted by atomic mass is 16.5. The molecule has 0 saturated heterocycles. The van der Waals surface area contributed by atoms with Crippen LogP contribution in [0.4, 0.5) is 4.79 Å². The van der Waals surface area contributed by atoms with Gasteiger partial charge in [0.05, 0.1) is 0 Å². The zero-order valence-corrected chi connectivity index (χ0v) is 15.5. The molecule has 3 rings (SSSR count). The third-order valence-electron chi connectivity index (χ3n) is 3.96. The van der Waals surface area contributed by atoms with Crippen LogP contribution in [0.1, 0.15) is 34.6 Å². The third kappa shape index (κ3) is 4.35. The second-order valence-corrected chi connectivity index (χ2v) is 6.14. The summed E-state index contributed by atoms with van der Waals surface area (Å²) in [7, 11) is 0. The van der Waals surface area contributed by atoms with E-state index in [1.54, 1.807) is 47.9 Å². The van der Waals surface area contributed by atoms with Crippen molar-refractivity contribution in [3.8, 4) is 0 Å². The van der Waals surface area contributed by atoms with Crippen LogP contribution in [0.3, 0.4) is 0 Å². The van der Waals surface area contributed by atoms with Crippen LogP contribution in [0.2, 0.25) is 0 Å². The first kappa shape index (κ1) is 19.1. The fourth-order valence-corrected chi connectivity index (χ4v) is 2.63. The summed E-state index contributed by atoms with van der Waals surface area (Å²) in [5.41, 5.74) is 2.10. The van der Waals surface area contributed by atoms with E-state index in [1.807, 2.05) is 19.1 Å². The van der Waals surface area contributed by atoms with Crippen molar-refractivity contribution in [3.63, 3.8) is 0 Å². The summed E-state index contributed by atoms with van der Waals surface area (Å²) in [6.45, 7) is 4.00. The second kappa shape index (κ2) is 8.34. The van der Waals surface area contributed by atoms with Crippen molar-refractivity contribution in [3.05, 3.63) is 71.7 Å². The van der Waals surface area contributed by atoms with Crippen LogP contribution in [0.25, 0.3) is 5.65 Å². The Morgan fingerprint density at radius 2 is 1.93 bits per heavy atom. The summed E-state index contributed by atoms with van der Waals surface area (Å²) in [6.07, 6.45) is 2.02. The molecule has 8 nitrogen and oxygen atoms in total. The van der Waals surface area contributed by atoms with Crippen molar-refractivity contribution in [2.75, 3.05) is 6.54 Å². The molecule has 0 saturated carbocycles. The number of urea groups is 1. The first-order valence-corrected chi connectivity index (χ1v) is 8.78. The van der Waals surface area contributed by atoms with Gasteiger partial charge >= 0.3 is 12.0 Å². The third-order valence-corrected chi connectivity index (χ3v) is 3.96. The van der Waals surface area contributed by atoms with Gasteiger partial charge in [-0.3, -0.25) is 10.1 Å². The molecule has 0 spiro atoms. The monoisotopic (exact) mass is 380 g/mol. The predicted molar refractivity (Wildman–Crippen MR) is 102 cm³/mol. The van der Waals surface area contributed by atoms with Crippen LogP contribution in [0, 0.1) is 6.92 Å². The molecule has 0 aliphatic heterocycles. The van der Waals surface area contributed by atoms with Crippen LogP contribution in [-0.2, 0) is 9.53 Å². The lowest BCUT2D eigenvalue weighted by Crippen LogP contribution is -2.42. The number of rotatable bonds is 5. The van der Waals surface area contributed by atoms with Gasteiger partial charge in [-0.25, -0.2) is 14.6 Å². The summed E-state index contributed by atoms with van der Waals surface area (Å²) >= 11 is 0. The van der Waals surface area contributed by atoms with E-state index in [0.717, 1.165) is 5.56 Å². The number of aryl methyl sites for hydroxylation is 1. The molecule has 0 aliphatic rings. The molecular formula is C20H20N4O4. The van der Waals surface area contributed by atoms with Crippen molar-refractivity contribution >= 4 is 23.6 Å². The van der Waals surface area contributed by atoms with Crippen molar-refractivity contribution in [2.45, 2.75) is 20.0 Å². The zero-order chi connectivity index (χ0) is 20.1. The Morgan fingerprint density at radius 3 is 2.64 bits per heavy atom. The highest BCUT2D eigenvalue weighted by Gasteiger charge is 2.28. The summed E-state index contributed by atoms with van der Waals surface area (Å²) in [5.74, 6) is -1.51. The topological polar surface area (TPSA) is 102 Å². The Hall–Kier alpha value is -3.68. The minimum Gasteiger partial charge on any atom is -0.442 e. The van der Waals surface area contributed by atoms with Crippen LogP contribution < -0.4 is 10.6 Å². The van der Waals surface area contributed by atoms with Crippen molar-refractivity contribution < 1.29 is 19.1 Å². The Bertz CT molecular complexity index is 1010. The highest BCUT2D eigenvalue weighted by Crippen LogP contribution is 2.20. The molecule has 28 heavy (non-hydrogen) atoms. The number of benzene rings is 1. The second-order valence-electron chi connectivity index (χ2n) is 6.14. The number of amides is 3. The number of ether oxygens (including phenoxy) is 1. The number of pyridine rings is 1. The number of carbonyl (C=O) groups excluding carboxylic acids is 3. The molecule has 2 heterocycles. The van der Waals surface area contributed by atoms with E-state index in [2.05, 4.69) is 15.6 Å². The minimum atomic E-state index is -1.29. The minimum absolute atomic E-state index is 0.0670. The number of imidazole rings is 1. The summed E-state index contributed by atoms with van der Waals surface area (Å²) in [5, 5.41) is 4.64. The van der Waals surface area contributed by atoms with Gasteiger partial charge in [-0.15, -0.1) is 0 Å². The van der Waals surface area contributed by atoms with Crippen LogP contribution >= 0.6 is 0 Å². The highest BCUT2D eigenvalue weighted by molar-refractivity contribution is 5.98. The Morgan fingerprint density at radius 1 is 1.18 bits per heavy atom. The molecule has 0 aliphatic carbocycles. The molecule has 2 aromatic heterocycles. The Balaban J connectivity index is 1.84. The van der Waals surface area contributed by atoms with E-state index < -0.39 is 24.0 Å². The normalized spacial score (nSPS) is 11.6. The Labute approximate surface area is 161 Å². The van der Waals surface area contributed by atoms with Gasteiger partial charge in [-0.1, -0.05) is 30.3 Å². The van der Waals surface area contributed by atoms with Crippen LogP contribution in [-0.4, -0.2) is 33.8 Å². The van der Waals surface area contributed by atoms with Crippen LogP contribution in [0.5, 0.6) is 0 Å². The maximum absolute atomic E-state index is 12.6. The van der Waals surface area contributed by atoms with E-state index in [-0.39, 0.29) is 5.69 Å². The van der Waals surface area contributed by atoms with Crippen molar-refractivity contribution in [1.29, 1.82) is 0 Å². The predicted octanol–water partition coefficient (Wildman–Crippen LogP) is 2.39. The van der Waals surface area contributed by atoms with Gasteiger partial charge in [0.2, 0.25) is 6.10 Å². The summed E-state index contributed by atoms with van der Waals surface area (Å²) < 4.78 is 7.11. The largest absolute Gasteiger partial charge is 0.442 e. The van der Waals surface area contributed by atoms with E-state index in [4.69, 9.17) is 4.74 Å². The van der Waals surface area contributed by atoms with Gasteiger partial charge in [0.15, 0.2) is 5.69 Å². The summed E-state index contributed by atoms with van der Waals surface area (Å²) in [6, 6.07) is 11.5. The number of hydrogen-bond donors (Lipinski definition) is 2. The fraction of sp³-hybridized carbons (Fsp3) is 0.200. The first-order valence-electron chi connectivity index (χ1n) is 8.78. The molecule has 3 amide bonds. The lowest BCUT2D eigenvalue weighted by molar-refractivity contribution is -0.129. The molecule has 0 bridgehead atoms. The SMILES string of the molecule is CCNC(=O)NC(=O)C(OC(=O)c1cn2ccc(C)cc2n1)c1ccccc1. The number of aromatic nitrogens is 2. The average Bonchev–Trinajstić information content (AvgIpc) is 3.10. The lowest BCUT2D eigenvalue weighted by atomic mass is 10.1. The molecule has 1 atom stereocenters. The van der Waals surface area contributed by atoms with Gasteiger partial charge in [-0.2, -0.15) is 0 Å². The first-order chi connectivity index (χ1) is 13.5. The number of nitrogens with zero attached hydrogens (tertiary/aromatic N) is 2. The standard InChI is InChI=1S/C20H20N4O4/c1-3-21-20(27)23-18(25)17(14-7-5-4-6-8-14)28-19(26)15-12-24-10-9-13(2)11-16(24)22-15/h4-12,17H,3H2,1-2H3,(H2,21,23,25,27). The fourth-order valence-electron chi connectivity index (χ4n) is 2.63. The van der Waals surface area contributed by atoms with E-state index >= 15 is 0 Å². The van der Waals surface area contributed by atoms with Crippen molar-refractivity contribution in [1.82, 2.24) is 20.0 Å². The lowest BCUT2D eigenvalue weighted by Gasteiger charge is -2.17. The number of esters is 1. The molecule has 8 heteroatoms. The molecule has 0 radical (unpaired) electrons. The van der Waals surface area contributed by atoms with Gasteiger partial charge < -0.3 is 14.5 Å². The van der Waals surface area contributed by atoms with Gasteiger partial charge in [0.1, 0.15) is 5.65 Å².